The zero-order valence-corrected chi connectivity index (χ0v) is 17.1. The van der Waals surface area contributed by atoms with Crippen molar-refractivity contribution >= 4 is 23.2 Å². The molecule has 0 unspecified atom stereocenters. The molecule has 1 aromatic carbocycles. The first-order chi connectivity index (χ1) is 13.6. The highest BCUT2D eigenvalue weighted by molar-refractivity contribution is 7.09. The van der Waals surface area contributed by atoms with Gasteiger partial charge in [0.25, 0.3) is 0 Å². The zero-order chi connectivity index (χ0) is 19.9. The van der Waals surface area contributed by atoms with Crippen molar-refractivity contribution in [1.29, 1.82) is 0 Å². The average molecular weight is 403 g/mol. The molecule has 2 N–H and O–H groups in total. The van der Waals surface area contributed by atoms with Gasteiger partial charge < -0.3 is 15.4 Å². The summed E-state index contributed by atoms with van der Waals surface area (Å²) in [4.78, 5) is 31.3. The maximum absolute atomic E-state index is 12.4. The maximum atomic E-state index is 12.4. The quantitative estimate of drug-likeness (QED) is 0.704. The number of aromatic nitrogens is 1. The molecule has 7 nitrogen and oxygen atoms in total. The summed E-state index contributed by atoms with van der Waals surface area (Å²) in [6.45, 7) is 6.67. The Kier molecular flexibility index (Phi) is 7.00. The van der Waals surface area contributed by atoms with Crippen LogP contribution in [0.3, 0.4) is 0 Å². The molecule has 0 aliphatic carbocycles. The van der Waals surface area contributed by atoms with Crippen LogP contribution in [0, 0.1) is 6.92 Å². The molecule has 8 heteroatoms. The van der Waals surface area contributed by atoms with Crippen molar-refractivity contribution in [2.24, 2.45) is 0 Å². The van der Waals surface area contributed by atoms with Gasteiger partial charge in [0.2, 0.25) is 11.8 Å². The van der Waals surface area contributed by atoms with Gasteiger partial charge in [-0.15, -0.1) is 11.3 Å². The summed E-state index contributed by atoms with van der Waals surface area (Å²) in [6.07, 6.45) is 0.118. The maximum Gasteiger partial charge on any atom is 0.237 e. The second kappa shape index (κ2) is 9.66. The lowest BCUT2D eigenvalue weighted by Gasteiger charge is -2.35. The summed E-state index contributed by atoms with van der Waals surface area (Å²) in [7, 11) is 0. The summed E-state index contributed by atoms with van der Waals surface area (Å²) in [5.41, 5.74) is 1.96. The van der Waals surface area contributed by atoms with Crippen molar-refractivity contribution in [1.82, 2.24) is 20.5 Å². The molecular formula is C20H26N4O3S. The van der Waals surface area contributed by atoms with E-state index in [9.17, 15) is 9.59 Å². The lowest BCUT2D eigenvalue weighted by molar-refractivity contribution is -0.134. The fourth-order valence-electron chi connectivity index (χ4n) is 3.23. The molecule has 150 valence electrons. The van der Waals surface area contributed by atoms with Crippen molar-refractivity contribution < 1.29 is 14.3 Å². The van der Waals surface area contributed by atoms with Crippen molar-refractivity contribution in [2.45, 2.75) is 39.4 Å². The smallest absolute Gasteiger partial charge is 0.237 e. The summed E-state index contributed by atoms with van der Waals surface area (Å²) in [5.74, 6) is 0.553. The number of amides is 2. The zero-order valence-electron chi connectivity index (χ0n) is 16.2. The molecule has 2 aromatic rings. The van der Waals surface area contributed by atoms with Gasteiger partial charge in [0, 0.05) is 36.3 Å². The standard InChI is InChI=1S/C20H26N4O3S/c1-3-27-17-7-5-4-6-15(17)12-24-9-8-21-20(26)16(24)10-18(25)22-11-19-23-14(2)13-28-19/h4-7,13,16H,3,8-12H2,1-2H3,(H,21,26)(H,22,25)/t16-/m0/s1. The second-order valence-electron chi connectivity index (χ2n) is 6.68. The van der Waals surface area contributed by atoms with Crippen molar-refractivity contribution in [3.05, 3.63) is 45.9 Å². The number of nitrogens with one attached hydrogen (secondary N) is 2. The molecule has 0 saturated carbocycles. The minimum atomic E-state index is -0.499. The molecule has 2 amide bonds. The van der Waals surface area contributed by atoms with E-state index in [1.807, 2.05) is 48.4 Å². The molecule has 0 spiro atoms. The highest BCUT2D eigenvalue weighted by Crippen LogP contribution is 2.22. The second-order valence-corrected chi connectivity index (χ2v) is 7.62. The van der Waals surface area contributed by atoms with Crippen molar-refractivity contribution in [2.75, 3.05) is 19.7 Å². The van der Waals surface area contributed by atoms with Crippen LogP contribution >= 0.6 is 11.3 Å². The SMILES string of the molecule is CCOc1ccccc1CN1CCNC(=O)[C@@H]1CC(=O)NCc1nc(C)cs1. The molecule has 3 rings (SSSR count). The van der Waals surface area contributed by atoms with Gasteiger partial charge in [-0.25, -0.2) is 4.98 Å². The third kappa shape index (κ3) is 5.30. The van der Waals surface area contributed by atoms with Crippen LogP contribution in [0.2, 0.25) is 0 Å². The van der Waals surface area contributed by atoms with Crippen LogP contribution in [0.25, 0.3) is 0 Å². The number of thiazole rings is 1. The molecule has 1 aromatic heterocycles. The Bertz CT molecular complexity index is 823. The van der Waals surface area contributed by atoms with Crippen LogP contribution in [-0.4, -0.2) is 47.4 Å². The molecule has 1 fully saturated rings. The van der Waals surface area contributed by atoms with Gasteiger partial charge >= 0.3 is 0 Å². The number of rotatable bonds is 8. The summed E-state index contributed by atoms with van der Waals surface area (Å²) >= 11 is 1.52. The van der Waals surface area contributed by atoms with Crippen LogP contribution in [0.4, 0.5) is 0 Å². The van der Waals surface area contributed by atoms with Gasteiger partial charge in [-0.2, -0.15) is 0 Å². The van der Waals surface area contributed by atoms with Crippen LogP contribution in [0.15, 0.2) is 29.6 Å². The molecule has 28 heavy (non-hydrogen) atoms. The first-order valence-corrected chi connectivity index (χ1v) is 10.3. The lowest BCUT2D eigenvalue weighted by atomic mass is 10.1. The van der Waals surface area contributed by atoms with E-state index in [-0.39, 0.29) is 18.2 Å². The van der Waals surface area contributed by atoms with Crippen LogP contribution in [-0.2, 0) is 22.7 Å². The first-order valence-electron chi connectivity index (χ1n) is 9.47. The fourth-order valence-corrected chi connectivity index (χ4v) is 3.94. The van der Waals surface area contributed by atoms with Gasteiger partial charge in [-0.3, -0.25) is 14.5 Å². The third-order valence-electron chi connectivity index (χ3n) is 4.57. The monoisotopic (exact) mass is 402 g/mol. The molecule has 0 radical (unpaired) electrons. The fraction of sp³-hybridized carbons (Fsp3) is 0.450. The molecular weight excluding hydrogens is 376 g/mol. The summed E-state index contributed by atoms with van der Waals surface area (Å²) in [6, 6.07) is 7.32. The van der Waals surface area contributed by atoms with Crippen molar-refractivity contribution in [3.63, 3.8) is 0 Å². The van der Waals surface area contributed by atoms with E-state index < -0.39 is 6.04 Å². The third-order valence-corrected chi connectivity index (χ3v) is 5.54. The largest absolute Gasteiger partial charge is 0.494 e. The van der Waals surface area contributed by atoms with Crippen LogP contribution in [0.1, 0.15) is 29.6 Å². The highest BCUT2D eigenvalue weighted by Gasteiger charge is 2.32. The minimum Gasteiger partial charge on any atom is -0.494 e. The number of aryl methyl sites for hydroxylation is 1. The Balaban J connectivity index is 1.63. The Hall–Kier alpha value is -2.45. The van der Waals surface area contributed by atoms with E-state index in [0.29, 0.717) is 32.8 Å². The Morgan fingerprint density at radius 1 is 1.43 bits per heavy atom. The topological polar surface area (TPSA) is 83.6 Å². The Morgan fingerprint density at radius 3 is 3.00 bits per heavy atom. The number of hydrogen-bond acceptors (Lipinski definition) is 6. The number of carbonyl (C=O) groups excluding carboxylic acids is 2. The van der Waals surface area contributed by atoms with E-state index in [4.69, 9.17) is 4.74 Å². The molecule has 1 atom stereocenters. The van der Waals surface area contributed by atoms with E-state index in [1.165, 1.54) is 11.3 Å². The Labute approximate surface area is 169 Å². The number of carbonyl (C=O) groups is 2. The minimum absolute atomic E-state index is 0.111. The first kappa shape index (κ1) is 20.3. The van der Waals surface area contributed by atoms with Gasteiger partial charge in [0.1, 0.15) is 10.8 Å². The number of benzene rings is 1. The molecule has 0 bridgehead atoms. The highest BCUT2D eigenvalue weighted by atomic mass is 32.1. The predicted molar refractivity (Wildman–Crippen MR) is 108 cm³/mol. The lowest BCUT2D eigenvalue weighted by Crippen LogP contribution is -2.56. The number of para-hydroxylation sites is 1. The Morgan fingerprint density at radius 2 is 2.25 bits per heavy atom. The summed E-state index contributed by atoms with van der Waals surface area (Å²) in [5, 5.41) is 8.56. The van der Waals surface area contributed by atoms with Crippen molar-refractivity contribution in [3.8, 4) is 5.75 Å². The average Bonchev–Trinajstić information content (AvgIpc) is 3.10. The number of nitrogens with zero attached hydrogens (tertiary/aromatic N) is 2. The van der Waals surface area contributed by atoms with Crippen LogP contribution in [0.5, 0.6) is 5.75 Å². The summed E-state index contributed by atoms with van der Waals surface area (Å²) < 4.78 is 5.70. The molecule has 1 saturated heterocycles. The van der Waals surface area contributed by atoms with E-state index in [1.54, 1.807) is 0 Å². The molecule has 1 aliphatic rings. The number of hydrogen-bond donors (Lipinski definition) is 2. The van der Waals surface area contributed by atoms with E-state index in [2.05, 4.69) is 15.6 Å². The van der Waals surface area contributed by atoms with Gasteiger partial charge in [-0.05, 0) is 19.9 Å². The molecule has 1 aliphatic heterocycles. The van der Waals surface area contributed by atoms with Gasteiger partial charge in [0.15, 0.2) is 0 Å². The normalized spacial score (nSPS) is 17.2. The van der Waals surface area contributed by atoms with Gasteiger partial charge in [-0.1, -0.05) is 18.2 Å². The van der Waals surface area contributed by atoms with E-state index in [0.717, 1.165) is 22.0 Å². The number of piperazine rings is 1. The van der Waals surface area contributed by atoms with Crippen LogP contribution < -0.4 is 15.4 Å². The number of ether oxygens (including phenoxy) is 1. The molecule has 2 heterocycles. The predicted octanol–water partition coefficient (Wildman–Crippen LogP) is 1.86. The van der Waals surface area contributed by atoms with E-state index >= 15 is 0 Å². The van der Waals surface area contributed by atoms with Gasteiger partial charge in [0.05, 0.1) is 25.6 Å².